The van der Waals surface area contributed by atoms with Gasteiger partial charge in [0.15, 0.2) is 5.60 Å². The highest BCUT2D eigenvalue weighted by atomic mass is 16.5. The van der Waals surface area contributed by atoms with Crippen molar-refractivity contribution in [3.05, 3.63) is 83.2 Å². The van der Waals surface area contributed by atoms with E-state index in [1.807, 2.05) is 25.1 Å². The third-order valence-electron chi connectivity index (χ3n) is 6.83. The van der Waals surface area contributed by atoms with Crippen LogP contribution in [0.1, 0.15) is 35.4 Å². The summed E-state index contributed by atoms with van der Waals surface area (Å²) in [5.74, 6) is -2.82. The van der Waals surface area contributed by atoms with Gasteiger partial charge in [-0.1, -0.05) is 47.6 Å². The molecule has 4 N–H and O–H groups in total. The third-order valence-corrected chi connectivity index (χ3v) is 6.83. The van der Waals surface area contributed by atoms with E-state index in [9.17, 15) is 14.4 Å². The highest BCUT2D eigenvalue weighted by Gasteiger charge is 2.40. The molecular weight excluding hydrogens is 548 g/mol. The molecule has 0 amide bonds. The van der Waals surface area contributed by atoms with Gasteiger partial charge >= 0.3 is 17.9 Å². The number of nitrogens with zero attached hydrogens (tertiary/aromatic N) is 2. The molecule has 226 valence electrons. The lowest BCUT2D eigenvalue weighted by Gasteiger charge is -2.32. The van der Waals surface area contributed by atoms with Crippen LogP contribution in [0, 0.1) is 12.8 Å². The number of carbonyl (C=O) groups is 3. The predicted molar refractivity (Wildman–Crippen MR) is 149 cm³/mol. The van der Waals surface area contributed by atoms with E-state index >= 15 is 0 Å². The predicted octanol–water partition coefficient (Wildman–Crippen LogP) is 3.00. The van der Waals surface area contributed by atoms with Crippen LogP contribution in [0.4, 0.5) is 0 Å². The van der Waals surface area contributed by atoms with Crippen LogP contribution in [0.15, 0.2) is 65.2 Å². The lowest BCUT2D eigenvalue weighted by molar-refractivity contribution is -0.170. The van der Waals surface area contributed by atoms with E-state index in [0.717, 1.165) is 49.9 Å². The Balaban J connectivity index is 0.000000316. The first-order valence-electron chi connectivity index (χ1n) is 13.3. The van der Waals surface area contributed by atoms with Gasteiger partial charge in [-0.3, -0.25) is 14.5 Å². The second-order valence-electron chi connectivity index (χ2n) is 10.2. The number of aliphatic hydroxyl groups is 1. The molecule has 2 atom stereocenters. The average molecular weight is 585 g/mol. The second-order valence-corrected chi connectivity index (χ2v) is 10.2. The lowest BCUT2D eigenvalue weighted by atomic mass is 9.95. The molecule has 0 spiro atoms. The van der Waals surface area contributed by atoms with Gasteiger partial charge in [0, 0.05) is 37.5 Å². The van der Waals surface area contributed by atoms with E-state index in [0.29, 0.717) is 12.0 Å². The van der Waals surface area contributed by atoms with Crippen LogP contribution in [0.3, 0.4) is 0 Å². The molecule has 42 heavy (non-hydrogen) atoms. The molecule has 0 saturated carbocycles. The summed E-state index contributed by atoms with van der Waals surface area (Å²) in [5, 5.41) is 37.9. The smallest absolute Gasteiger partial charge is 0.336 e. The Labute approximate surface area is 243 Å². The van der Waals surface area contributed by atoms with Gasteiger partial charge in [0.25, 0.3) is 0 Å². The highest BCUT2D eigenvalue weighted by Crippen LogP contribution is 2.27. The molecule has 12 heteroatoms. The molecule has 3 aromatic rings. The number of aryl methyl sites for hydroxylation is 1. The summed E-state index contributed by atoms with van der Waals surface area (Å²) < 4.78 is 16.7. The summed E-state index contributed by atoms with van der Waals surface area (Å²) in [6, 6.07) is 21.3. The number of carboxylic acid groups (broad SMARTS) is 3. The summed E-state index contributed by atoms with van der Waals surface area (Å²) in [4.78, 5) is 33.0. The minimum atomic E-state index is -2.74. The number of rotatable bonds is 13. The van der Waals surface area contributed by atoms with E-state index in [2.05, 4.69) is 52.5 Å². The Morgan fingerprint density at radius 2 is 1.55 bits per heavy atom. The zero-order valence-corrected chi connectivity index (χ0v) is 23.5. The molecule has 2 heterocycles. The maximum atomic E-state index is 10.3. The van der Waals surface area contributed by atoms with Crippen LogP contribution in [-0.4, -0.2) is 80.4 Å². The Hall–Kier alpha value is -4.26. The Kier molecular flexibility index (Phi) is 11.6. The molecule has 1 aromatic heterocycles. The van der Waals surface area contributed by atoms with Crippen molar-refractivity contribution in [1.29, 1.82) is 0 Å². The van der Waals surface area contributed by atoms with Gasteiger partial charge in [0.1, 0.15) is 11.5 Å². The van der Waals surface area contributed by atoms with Crippen molar-refractivity contribution in [1.82, 2.24) is 10.1 Å². The third kappa shape index (κ3) is 9.68. The number of hydrogen-bond acceptors (Lipinski definition) is 9. The van der Waals surface area contributed by atoms with Gasteiger partial charge in [-0.2, -0.15) is 0 Å². The summed E-state index contributed by atoms with van der Waals surface area (Å²) >= 11 is 0. The molecule has 1 aliphatic rings. The van der Waals surface area contributed by atoms with Gasteiger partial charge in [-0.15, -0.1) is 0 Å². The Morgan fingerprint density at radius 3 is 2.05 bits per heavy atom. The van der Waals surface area contributed by atoms with Gasteiger partial charge in [0.2, 0.25) is 0 Å². The number of methoxy groups -OCH3 is 1. The summed E-state index contributed by atoms with van der Waals surface area (Å²) in [6.45, 7) is 5.19. The average Bonchev–Trinajstić information content (AvgIpc) is 3.57. The molecule has 0 radical (unpaired) electrons. The van der Waals surface area contributed by atoms with Crippen LogP contribution in [-0.2, 0) is 38.6 Å². The van der Waals surface area contributed by atoms with Crippen molar-refractivity contribution >= 4 is 17.9 Å². The zero-order chi connectivity index (χ0) is 30.7. The van der Waals surface area contributed by atoms with Crippen molar-refractivity contribution in [2.75, 3.05) is 20.3 Å². The monoisotopic (exact) mass is 584 g/mol. The highest BCUT2D eigenvalue weighted by molar-refractivity contribution is 5.88. The van der Waals surface area contributed by atoms with E-state index in [4.69, 9.17) is 34.4 Å². The SMILES string of the molecule is COc1ccc(CN(Cc2ccccc2)[C@@H]2COC[C@H]2Cc2cc(C)no2)cc1.O=C(O)CC(O)(CC(=O)O)C(=O)O. The molecule has 0 unspecified atom stereocenters. The van der Waals surface area contributed by atoms with Crippen LogP contribution in [0.2, 0.25) is 0 Å². The number of aromatic nitrogens is 1. The van der Waals surface area contributed by atoms with Crippen LogP contribution in [0.5, 0.6) is 5.75 Å². The van der Waals surface area contributed by atoms with Crippen LogP contribution < -0.4 is 4.74 Å². The van der Waals surface area contributed by atoms with Crippen molar-refractivity contribution in [2.24, 2.45) is 5.92 Å². The van der Waals surface area contributed by atoms with Crippen molar-refractivity contribution in [3.63, 3.8) is 0 Å². The van der Waals surface area contributed by atoms with E-state index in [1.54, 1.807) is 7.11 Å². The van der Waals surface area contributed by atoms with Crippen LogP contribution in [0.25, 0.3) is 0 Å². The molecule has 1 saturated heterocycles. The minimum Gasteiger partial charge on any atom is -0.497 e. The summed E-state index contributed by atoms with van der Waals surface area (Å²) in [7, 11) is 1.70. The molecule has 0 bridgehead atoms. The van der Waals surface area contributed by atoms with Gasteiger partial charge in [0.05, 0.1) is 38.9 Å². The molecule has 2 aromatic carbocycles. The molecule has 4 rings (SSSR count). The number of ether oxygens (including phenoxy) is 2. The molecule has 1 fully saturated rings. The summed E-state index contributed by atoms with van der Waals surface area (Å²) in [5.41, 5.74) is 0.761. The number of aliphatic carboxylic acids is 3. The quantitative estimate of drug-likeness (QED) is 0.231. The standard InChI is InChI=1S/C24H28N2O3.C6H8O7/c1-18-12-23(29-25-18)13-21-16-28-17-24(21)26(14-19-6-4-3-5-7-19)15-20-8-10-22(27-2)11-9-20;7-3(8)1-6(13,5(11)12)2-4(9)10/h3-12,21,24H,13-17H2,1-2H3;13H,1-2H2,(H,7,8)(H,9,10)(H,11,12)/t21-,24-;/m1./s1. The largest absolute Gasteiger partial charge is 0.497 e. The maximum Gasteiger partial charge on any atom is 0.336 e. The van der Waals surface area contributed by atoms with Crippen molar-refractivity contribution in [3.8, 4) is 5.75 Å². The first kappa shape index (κ1) is 32.3. The first-order valence-corrected chi connectivity index (χ1v) is 13.3. The van der Waals surface area contributed by atoms with E-state index in [1.165, 1.54) is 11.1 Å². The molecule has 0 aliphatic carbocycles. The van der Waals surface area contributed by atoms with Crippen molar-refractivity contribution in [2.45, 2.75) is 50.9 Å². The normalized spacial score (nSPS) is 16.5. The molecule has 12 nitrogen and oxygen atoms in total. The molecular formula is C30H36N2O10. The Bertz CT molecular complexity index is 1290. The zero-order valence-electron chi connectivity index (χ0n) is 23.5. The fourth-order valence-electron chi connectivity index (χ4n) is 4.74. The second kappa shape index (κ2) is 15.1. The first-order chi connectivity index (χ1) is 20.0. The fourth-order valence-corrected chi connectivity index (χ4v) is 4.74. The maximum absolute atomic E-state index is 10.3. The van der Waals surface area contributed by atoms with Gasteiger partial charge in [-0.25, -0.2) is 4.79 Å². The Morgan fingerprint density at radius 1 is 0.952 bits per heavy atom. The van der Waals surface area contributed by atoms with Gasteiger partial charge < -0.3 is 34.4 Å². The molecule has 1 aliphatic heterocycles. The van der Waals surface area contributed by atoms with Crippen molar-refractivity contribution < 1.29 is 48.8 Å². The van der Waals surface area contributed by atoms with E-state index in [-0.39, 0.29) is 0 Å². The number of hydrogen-bond donors (Lipinski definition) is 4. The number of carboxylic acids is 3. The van der Waals surface area contributed by atoms with E-state index < -0.39 is 36.4 Å². The minimum absolute atomic E-state index is 0.322. The topological polar surface area (TPSA) is 180 Å². The summed E-state index contributed by atoms with van der Waals surface area (Å²) in [6.07, 6.45) is -1.44. The number of benzene rings is 2. The fraction of sp³-hybridized carbons (Fsp3) is 0.400. The van der Waals surface area contributed by atoms with Crippen LogP contribution >= 0.6 is 0 Å². The van der Waals surface area contributed by atoms with Gasteiger partial charge in [-0.05, 0) is 30.2 Å². The lowest BCUT2D eigenvalue weighted by Crippen LogP contribution is -2.42.